The van der Waals surface area contributed by atoms with Crippen LogP contribution in [0.2, 0.25) is 0 Å². The first-order valence-electron chi connectivity index (χ1n) is 13.4. The molecule has 0 aliphatic heterocycles. The Kier molecular flexibility index (Phi) is 20.4. The summed E-state index contributed by atoms with van der Waals surface area (Å²) in [5.41, 5.74) is 0. The lowest BCUT2D eigenvalue weighted by Crippen LogP contribution is -2.51. The first kappa shape index (κ1) is 32.1. The first-order valence-corrected chi connectivity index (χ1v) is 13.4. The van der Waals surface area contributed by atoms with E-state index in [4.69, 9.17) is 10.2 Å². The second kappa shape index (κ2) is 21.6. The normalized spacial score (nSPS) is 11.4. The second-order valence-corrected chi connectivity index (χ2v) is 9.67. The van der Waals surface area contributed by atoms with E-state index in [1.165, 1.54) is 57.8 Å². The molecule has 0 heterocycles. The van der Waals surface area contributed by atoms with Crippen LogP contribution in [0.5, 0.6) is 0 Å². The highest BCUT2D eigenvalue weighted by molar-refractivity contribution is 5.66. The molecule has 0 atom stereocenters. The van der Waals surface area contributed by atoms with Crippen molar-refractivity contribution in [1.29, 1.82) is 0 Å². The van der Waals surface area contributed by atoms with Crippen molar-refractivity contribution in [2.75, 3.05) is 26.2 Å². The Labute approximate surface area is 206 Å². The average molecular weight is 484 g/mol. The molecule has 7 nitrogen and oxygen atoms in total. The van der Waals surface area contributed by atoms with Crippen LogP contribution in [-0.2, 0) is 14.4 Å². The van der Waals surface area contributed by atoms with Crippen molar-refractivity contribution in [3.63, 3.8) is 0 Å². The highest BCUT2D eigenvalue weighted by atomic mass is 16.4. The highest BCUT2D eigenvalue weighted by Crippen LogP contribution is 2.18. The Hall–Kier alpha value is -1.89. The van der Waals surface area contributed by atoms with E-state index in [1.54, 1.807) is 0 Å². The van der Waals surface area contributed by atoms with Gasteiger partial charge in [-0.2, -0.15) is 0 Å². The highest BCUT2D eigenvalue weighted by Gasteiger charge is 2.26. The molecule has 0 amide bonds. The number of carbonyl (C=O) groups is 3. The maximum atomic E-state index is 11.0. The van der Waals surface area contributed by atoms with E-state index < -0.39 is 17.9 Å². The fourth-order valence-corrected chi connectivity index (χ4v) is 4.69. The van der Waals surface area contributed by atoms with Gasteiger partial charge >= 0.3 is 11.9 Å². The zero-order valence-corrected chi connectivity index (χ0v) is 21.3. The van der Waals surface area contributed by atoms with Gasteiger partial charge in [-0.15, -0.1) is 6.58 Å². The third-order valence-electron chi connectivity index (χ3n) is 6.60. The molecule has 7 heteroatoms. The number of hydrogen-bond donors (Lipinski definition) is 2. The minimum Gasteiger partial charge on any atom is -0.550 e. The molecule has 0 aromatic rings. The number of quaternary nitrogens is 1. The minimum absolute atomic E-state index is 0.0217. The smallest absolute Gasteiger partial charge is 0.303 e. The number of rotatable bonds is 26. The molecule has 0 radical (unpaired) electrons. The average Bonchev–Trinajstić information content (AvgIpc) is 2.76. The summed E-state index contributed by atoms with van der Waals surface area (Å²) in [5, 5.41) is 29.0. The molecule has 0 aromatic heterocycles. The SMILES string of the molecule is C=CCCCCCCCCCCCCC[N+](CCCC(=O)[O-])(CCCC(=O)O)CCCC(=O)O. The van der Waals surface area contributed by atoms with Crippen LogP contribution in [0.1, 0.15) is 116 Å². The van der Waals surface area contributed by atoms with Gasteiger partial charge in [0.2, 0.25) is 0 Å². The quantitative estimate of drug-likeness (QED) is 0.102. The van der Waals surface area contributed by atoms with Crippen LogP contribution in [0.15, 0.2) is 12.7 Å². The number of carbonyl (C=O) groups excluding carboxylic acids is 1. The summed E-state index contributed by atoms with van der Waals surface area (Å²) >= 11 is 0. The summed E-state index contributed by atoms with van der Waals surface area (Å²) in [4.78, 5) is 32.9. The summed E-state index contributed by atoms with van der Waals surface area (Å²) in [5.74, 6) is -2.75. The van der Waals surface area contributed by atoms with Crippen LogP contribution in [-0.4, -0.2) is 58.8 Å². The Bertz CT molecular complexity index is 513. The molecule has 0 aliphatic rings. The standard InChI is InChI=1S/C27H49NO6/c1-2-3-4-5-6-7-8-9-10-11-12-13-14-21-28(22-15-18-25(29)30,23-16-19-26(31)32)24-17-20-27(33)34/h2H,1,3-24H2,(H2-,29,30,31,32,33,34). The van der Waals surface area contributed by atoms with Crippen LogP contribution in [0.25, 0.3) is 0 Å². The van der Waals surface area contributed by atoms with Gasteiger partial charge in [0.25, 0.3) is 0 Å². The molecular weight excluding hydrogens is 434 g/mol. The lowest BCUT2D eigenvalue weighted by atomic mass is 10.0. The molecule has 2 N–H and O–H groups in total. The fourth-order valence-electron chi connectivity index (χ4n) is 4.69. The molecular formula is C27H49NO6. The van der Waals surface area contributed by atoms with Gasteiger partial charge in [0.1, 0.15) is 0 Å². The number of aliphatic carboxylic acids is 3. The lowest BCUT2D eigenvalue weighted by molar-refractivity contribution is -0.929. The third-order valence-corrected chi connectivity index (χ3v) is 6.60. The molecule has 0 saturated heterocycles. The maximum Gasteiger partial charge on any atom is 0.303 e. The van der Waals surface area contributed by atoms with Crippen LogP contribution in [0.3, 0.4) is 0 Å². The van der Waals surface area contributed by atoms with E-state index in [-0.39, 0.29) is 19.3 Å². The van der Waals surface area contributed by atoms with Crippen LogP contribution in [0, 0.1) is 0 Å². The van der Waals surface area contributed by atoms with Crippen molar-refractivity contribution < 1.29 is 34.2 Å². The Morgan fingerprint density at radius 1 is 0.588 bits per heavy atom. The van der Waals surface area contributed by atoms with Gasteiger partial charge in [-0.3, -0.25) is 9.59 Å². The van der Waals surface area contributed by atoms with Crippen molar-refractivity contribution in [3.8, 4) is 0 Å². The molecule has 0 rings (SSSR count). The van der Waals surface area contributed by atoms with E-state index >= 15 is 0 Å². The van der Waals surface area contributed by atoms with Gasteiger partial charge in [-0.05, 0) is 32.1 Å². The van der Waals surface area contributed by atoms with E-state index in [0.29, 0.717) is 43.4 Å². The Morgan fingerprint density at radius 2 is 0.941 bits per heavy atom. The van der Waals surface area contributed by atoms with E-state index in [0.717, 1.165) is 25.8 Å². The van der Waals surface area contributed by atoms with E-state index in [1.807, 2.05) is 6.08 Å². The second-order valence-electron chi connectivity index (χ2n) is 9.67. The lowest BCUT2D eigenvalue weighted by Gasteiger charge is -2.39. The van der Waals surface area contributed by atoms with E-state index in [9.17, 15) is 19.5 Å². The molecule has 0 spiro atoms. The topological polar surface area (TPSA) is 115 Å². The molecule has 0 unspecified atom stereocenters. The summed E-state index contributed by atoms with van der Waals surface area (Å²) in [6, 6.07) is 0. The maximum absolute atomic E-state index is 11.0. The minimum atomic E-state index is -1.08. The van der Waals surface area contributed by atoms with Crippen LogP contribution in [0.4, 0.5) is 0 Å². The van der Waals surface area contributed by atoms with Gasteiger partial charge < -0.3 is 24.6 Å². The Morgan fingerprint density at radius 3 is 1.32 bits per heavy atom. The van der Waals surface area contributed by atoms with Crippen molar-refractivity contribution in [2.24, 2.45) is 0 Å². The summed E-state index contributed by atoms with van der Waals surface area (Å²) in [7, 11) is 0. The summed E-state index contributed by atoms with van der Waals surface area (Å²) in [6.45, 7) is 6.51. The fraction of sp³-hybridized carbons (Fsp3) is 0.815. The zero-order chi connectivity index (χ0) is 25.5. The molecule has 0 aromatic carbocycles. The van der Waals surface area contributed by atoms with Gasteiger partial charge in [-0.1, -0.05) is 57.4 Å². The number of unbranched alkanes of at least 4 members (excludes halogenated alkanes) is 11. The van der Waals surface area contributed by atoms with E-state index in [2.05, 4.69) is 6.58 Å². The molecule has 0 bridgehead atoms. The summed E-state index contributed by atoms with van der Waals surface area (Å²) < 4.78 is 0.611. The van der Waals surface area contributed by atoms with Crippen LogP contribution < -0.4 is 5.11 Å². The first-order chi connectivity index (χ1) is 16.3. The number of nitrogens with zero attached hydrogens (tertiary/aromatic N) is 1. The molecule has 0 aliphatic carbocycles. The van der Waals surface area contributed by atoms with Crippen molar-refractivity contribution in [2.45, 2.75) is 116 Å². The van der Waals surface area contributed by atoms with Gasteiger partial charge in [0.05, 0.1) is 39.0 Å². The van der Waals surface area contributed by atoms with Crippen LogP contribution >= 0.6 is 0 Å². The largest absolute Gasteiger partial charge is 0.550 e. The number of carboxylic acid groups (broad SMARTS) is 3. The van der Waals surface area contributed by atoms with Gasteiger partial charge in [0, 0.05) is 25.2 Å². The Balaban J connectivity index is 4.41. The van der Waals surface area contributed by atoms with Crippen molar-refractivity contribution >= 4 is 17.9 Å². The monoisotopic (exact) mass is 483 g/mol. The third kappa shape index (κ3) is 20.7. The summed E-state index contributed by atoms with van der Waals surface area (Å²) in [6.07, 6.45) is 18.3. The molecule has 34 heavy (non-hydrogen) atoms. The molecule has 0 fully saturated rings. The predicted octanol–water partition coefficient (Wildman–Crippen LogP) is 4.93. The predicted molar refractivity (Wildman–Crippen MR) is 133 cm³/mol. The molecule has 198 valence electrons. The molecule has 0 saturated carbocycles. The number of allylic oxidation sites excluding steroid dienone is 1. The van der Waals surface area contributed by atoms with Gasteiger partial charge in [-0.25, -0.2) is 0 Å². The van der Waals surface area contributed by atoms with Crippen molar-refractivity contribution in [1.82, 2.24) is 0 Å². The zero-order valence-electron chi connectivity index (χ0n) is 21.3. The van der Waals surface area contributed by atoms with Gasteiger partial charge in [0.15, 0.2) is 0 Å². The van der Waals surface area contributed by atoms with Crippen molar-refractivity contribution in [3.05, 3.63) is 12.7 Å². The number of hydrogen-bond acceptors (Lipinski definition) is 4. The number of carboxylic acids is 3.